The van der Waals surface area contributed by atoms with E-state index >= 15 is 0 Å². The van der Waals surface area contributed by atoms with E-state index in [1.807, 2.05) is 31.2 Å². The first-order chi connectivity index (χ1) is 15.2. The molecule has 1 fully saturated rings. The van der Waals surface area contributed by atoms with Crippen LogP contribution in [0.4, 0.5) is 0 Å². The zero-order valence-corrected chi connectivity index (χ0v) is 21.2. The van der Waals surface area contributed by atoms with Crippen molar-refractivity contribution in [1.29, 1.82) is 0 Å². The van der Waals surface area contributed by atoms with Crippen LogP contribution in [0.3, 0.4) is 0 Å². The summed E-state index contributed by atoms with van der Waals surface area (Å²) in [4.78, 5) is 14.6. The molecular formula is C22H31ClN4O3S2. The van der Waals surface area contributed by atoms with Gasteiger partial charge in [-0.15, -0.1) is 10.2 Å². The van der Waals surface area contributed by atoms with Gasteiger partial charge in [0.2, 0.25) is 5.91 Å². The summed E-state index contributed by atoms with van der Waals surface area (Å²) in [6, 6.07) is 7.25. The van der Waals surface area contributed by atoms with Gasteiger partial charge in [0.15, 0.2) is 20.8 Å². The first-order valence-corrected chi connectivity index (χ1v) is 14.1. The SMILES string of the molecule is CCCCCCn1c(SC(C)C(=O)N(C)C2CCS(=O)(=O)C2)nnc1-c1ccc(Cl)cc1. The third kappa shape index (κ3) is 6.26. The van der Waals surface area contributed by atoms with Crippen molar-refractivity contribution in [3.63, 3.8) is 0 Å². The molecule has 0 aliphatic carbocycles. The lowest BCUT2D eigenvalue weighted by Gasteiger charge is -2.26. The average Bonchev–Trinajstić information content (AvgIpc) is 3.33. The number of sulfone groups is 1. The van der Waals surface area contributed by atoms with E-state index < -0.39 is 15.1 Å². The highest BCUT2D eigenvalue weighted by atomic mass is 35.5. The van der Waals surface area contributed by atoms with Gasteiger partial charge in [0.25, 0.3) is 0 Å². The number of thioether (sulfide) groups is 1. The maximum absolute atomic E-state index is 13.0. The molecule has 2 unspecified atom stereocenters. The Morgan fingerprint density at radius 1 is 1.25 bits per heavy atom. The minimum atomic E-state index is -3.05. The fraction of sp³-hybridized carbons (Fsp3) is 0.591. The standard InChI is InChI=1S/C22H31ClN4O3S2/c1-4-5-6-7-13-27-20(17-8-10-18(23)11-9-17)24-25-22(27)31-16(2)21(28)26(3)19-12-14-32(29,30)15-19/h8-11,16,19H,4-7,12-15H2,1-3H3. The summed E-state index contributed by atoms with van der Waals surface area (Å²) in [6.07, 6.45) is 4.94. The van der Waals surface area contributed by atoms with E-state index in [0.29, 0.717) is 16.6 Å². The van der Waals surface area contributed by atoms with Gasteiger partial charge in [-0.2, -0.15) is 0 Å². The third-order valence-electron chi connectivity index (χ3n) is 5.79. The fourth-order valence-electron chi connectivity index (χ4n) is 3.84. The molecule has 1 aromatic carbocycles. The van der Waals surface area contributed by atoms with Crippen LogP contribution in [0, 0.1) is 0 Å². The van der Waals surface area contributed by atoms with E-state index in [0.717, 1.165) is 37.2 Å². The average molecular weight is 499 g/mol. The normalized spacial score (nSPS) is 18.6. The number of amides is 1. The van der Waals surface area contributed by atoms with E-state index in [-0.39, 0.29) is 23.5 Å². The monoisotopic (exact) mass is 498 g/mol. The van der Waals surface area contributed by atoms with Crippen molar-refractivity contribution >= 4 is 39.1 Å². The quantitative estimate of drug-likeness (QED) is 0.358. The lowest BCUT2D eigenvalue weighted by Crippen LogP contribution is -2.41. The summed E-state index contributed by atoms with van der Waals surface area (Å²) in [5.74, 6) is 0.857. The maximum atomic E-state index is 13.0. The highest BCUT2D eigenvalue weighted by molar-refractivity contribution is 8.00. The highest BCUT2D eigenvalue weighted by Crippen LogP contribution is 2.29. The molecule has 3 rings (SSSR count). The topological polar surface area (TPSA) is 85.2 Å². The van der Waals surface area contributed by atoms with Gasteiger partial charge >= 0.3 is 0 Å². The zero-order chi connectivity index (χ0) is 23.3. The second-order valence-electron chi connectivity index (χ2n) is 8.29. The van der Waals surface area contributed by atoms with E-state index in [9.17, 15) is 13.2 Å². The molecule has 0 saturated carbocycles. The van der Waals surface area contributed by atoms with Crippen molar-refractivity contribution < 1.29 is 13.2 Å². The van der Waals surface area contributed by atoms with Crippen molar-refractivity contribution in [3.05, 3.63) is 29.3 Å². The number of rotatable bonds is 10. The Balaban J connectivity index is 1.76. The molecule has 2 atom stereocenters. The molecule has 1 saturated heterocycles. The van der Waals surface area contributed by atoms with Crippen molar-refractivity contribution in [3.8, 4) is 11.4 Å². The molecule has 0 bridgehead atoms. The molecule has 10 heteroatoms. The van der Waals surface area contributed by atoms with E-state index in [1.165, 1.54) is 18.2 Å². The lowest BCUT2D eigenvalue weighted by atomic mass is 10.2. The Morgan fingerprint density at radius 2 is 1.97 bits per heavy atom. The molecule has 0 spiro atoms. The van der Waals surface area contributed by atoms with Gasteiger partial charge in [-0.3, -0.25) is 4.79 Å². The molecule has 2 heterocycles. The highest BCUT2D eigenvalue weighted by Gasteiger charge is 2.34. The lowest BCUT2D eigenvalue weighted by molar-refractivity contribution is -0.130. The molecule has 7 nitrogen and oxygen atoms in total. The van der Waals surface area contributed by atoms with Crippen molar-refractivity contribution in [2.45, 2.75) is 68.9 Å². The number of benzene rings is 1. The molecule has 1 aliphatic heterocycles. The first-order valence-electron chi connectivity index (χ1n) is 11.0. The number of carbonyl (C=O) groups is 1. The second kappa shape index (κ2) is 11.0. The van der Waals surface area contributed by atoms with Crippen molar-refractivity contribution in [2.75, 3.05) is 18.6 Å². The van der Waals surface area contributed by atoms with Gasteiger partial charge in [-0.25, -0.2) is 8.42 Å². The largest absolute Gasteiger partial charge is 0.341 e. The van der Waals surface area contributed by atoms with Crippen LogP contribution in [0.2, 0.25) is 5.02 Å². The number of unbranched alkanes of at least 4 members (excludes halogenated alkanes) is 3. The van der Waals surface area contributed by atoms with E-state index in [2.05, 4.69) is 21.7 Å². The number of aromatic nitrogens is 3. The molecule has 1 amide bonds. The van der Waals surface area contributed by atoms with Crippen LogP contribution < -0.4 is 0 Å². The van der Waals surface area contributed by atoms with Crippen LogP contribution in [0.25, 0.3) is 11.4 Å². The fourth-order valence-corrected chi connectivity index (χ4v) is 6.72. The van der Waals surface area contributed by atoms with Crippen LogP contribution in [0.15, 0.2) is 29.4 Å². The number of carbonyl (C=O) groups excluding carboxylic acids is 1. The Labute approximate surface area is 199 Å². The third-order valence-corrected chi connectivity index (χ3v) is 8.86. The Bertz CT molecular complexity index is 1020. The minimum Gasteiger partial charge on any atom is -0.341 e. The first kappa shape index (κ1) is 25.1. The van der Waals surface area contributed by atoms with Gasteiger partial charge in [0.05, 0.1) is 16.8 Å². The molecule has 32 heavy (non-hydrogen) atoms. The minimum absolute atomic E-state index is 0.0426. The Hall–Kier alpha value is -1.58. The van der Waals surface area contributed by atoms with Crippen LogP contribution in [-0.4, -0.2) is 63.8 Å². The van der Waals surface area contributed by atoms with Crippen LogP contribution >= 0.6 is 23.4 Å². The predicted octanol–water partition coefficient (Wildman–Crippen LogP) is 4.30. The molecule has 0 N–H and O–H groups in total. The van der Waals surface area contributed by atoms with Gasteiger partial charge in [-0.1, -0.05) is 49.5 Å². The van der Waals surface area contributed by atoms with E-state index in [4.69, 9.17) is 11.6 Å². The Morgan fingerprint density at radius 3 is 2.59 bits per heavy atom. The number of nitrogens with zero attached hydrogens (tertiary/aromatic N) is 4. The summed E-state index contributed by atoms with van der Waals surface area (Å²) in [7, 11) is -1.35. The molecule has 1 aliphatic rings. The van der Waals surface area contributed by atoms with E-state index in [1.54, 1.807) is 11.9 Å². The van der Waals surface area contributed by atoms with Crippen LogP contribution in [0.1, 0.15) is 46.0 Å². The van der Waals surface area contributed by atoms with Gasteiger partial charge in [0.1, 0.15) is 0 Å². The Kier molecular flexibility index (Phi) is 8.63. The number of hydrogen-bond acceptors (Lipinski definition) is 6. The van der Waals surface area contributed by atoms with Gasteiger partial charge < -0.3 is 9.47 Å². The van der Waals surface area contributed by atoms with Gasteiger partial charge in [0, 0.05) is 30.2 Å². The summed E-state index contributed by atoms with van der Waals surface area (Å²) in [5, 5.41) is 9.76. The van der Waals surface area contributed by atoms with Crippen LogP contribution in [0.5, 0.6) is 0 Å². The van der Waals surface area contributed by atoms with Crippen molar-refractivity contribution in [2.24, 2.45) is 0 Å². The summed E-state index contributed by atoms with van der Waals surface area (Å²) in [5.41, 5.74) is 0.927. The number of hydrogen-bond donors (Lipinski definition) is 0. The summed E-state index contributed by atoms with van der Waals surface area (Å²) < 4.78 is 25.7. The summed E-state index contributed by atoms with van der Waals surface area (Å²) in [6.45, 7) is 4.79. The molecule has 2 aromatic rings. The smallest absolute Gasteiger partial charge is 0.235 e. The maximum Gasteiger partial charge on any atom is 0.235 e. The second-order valence-corrected chi connectivity index (χ2v) is 12.3. The summed E-state index contributed by atoms with van der Waals surface area (Å²) >= 11 is 7.41. The molecule has 176 valence electrons. The predicted molar refractivity (Wildman–Crippen MR) is 130 cm³/mol. The molecule has 0 radical (unpaired) electrons. The van der Waals surface area contributed by atoms with Gasteiger partial charge in [-0.05, 0) is 44.0 Å². The molecule has 1 aromatic heterocycles. The zero-order valence-electron chi connectivity index (χ0n) is 18.8. The number of halogens is 1. The van der Waals surface area contributed by atoms with Crippen molar-refractivity contribution in [1.82, 2.24) is 19.7 Å². The molecular weight excluding hydrogens is 468 g/mol. The van der Waals surface area contributed by atoms with Crippen LogP contribution in [-0.2, 0) is 21.2 Å².